The van der Waals surface area contributed by atoms with Crippen molar-refractivity contribution in [3.05, 3.63) is 123 Å². The first-order valence-electron chi connectivity index (χ1n) is 11.4. The van der Waals surface area contributed by atoms with Gasteiger partial charge < -0.3 is 10.4 Å². The Morgan fingerprint density at radius 2 is 1.33 bits per heavy atom. The van der Waals surface area contributed by atoms with Gasteiger partial charge in [0, 0.05) is 33.2 Å². The number of aromatic carboxylic acids is 1. The van der Waals surface area contributed by atoms with E-state index in [-0.39, 0.29) is 27.9 Å². The number of anilines is 2. The zero-order chi connectivity index (χ0) is 27.7. The summed E-state index contributed by atoms with van der Waals surface area (Å²) in [5.74, 6) is -2.68. The van der Waals surface area contributed by atoms with Crippen LogP contribution in [0.4, 0.5) is 17.1 Å². The molecule has 0 spiro atoms. The Morgan fingerprint density at radius 3 is 1.92 bits per heavy atom. The molecule has 0 fully saturated rings. The third-order valence-electron chi connectivity index (χ3n) is 5.92. The second-order valence-corrected chi connectivity index (χ2v) is 9.54. The number of carbonyl (C=O) groups is 4. The number of benzene rings is 4. The zero-order valence-electron chi connectivity index (χ0n) is 19.9. The fraction of sp³-hybridized carbons (Fsp3) is 0. The first-order chi connectivity index (χ1) is 18.7. The molecule has 4 aromatic carbocycles. The second kappa shape index (κ2) is 10.2. The van der Waals surface area contributed by atoms with Crippen LogP contribution in [-0.2, 0) is 0 Å². The summed E-state index contributed by atoms with van der Waals surface area (Å²) in [6.07, 6.45) is 0. The predicted molar refractivity (Wildman–Crippen MR) is 143 cm³/mol. The second-order valence-electron chi connectivity index (χ2n) is 8.39. The van der Waals surface area contributed by atoms with E-state index in [4.69, 9.17) is 5.11 Å². The van der Waals surface area contributed by atoms with Gasteiger partial charge in [-0.1, -0.05) is 11.8 Å². The molecular weight excluding hydrogens is 522 g/mol. The summed E-state index contributed by atoms with van der Waals surface area (Å²) in [6.45, 7) is 0. The van der Waals surface area contributed by atoms with E-state index in [9.17, 15) is 29.3 Å². The molecule has 192 valence electrons. The highest BCUT2D eigenvalue weighted by Gasteiger charge is 2.37. The molecule has 3 amide bonds. The number of carboxylic acids is 1. The zero-order valence-corrected chi connectivity index (χ0v) is 20.7. The summed E-state index contributed by atoms with van der Waals surface area (Å²) in [7, 11) is 0. The number of non-ortho nitro benzene ring substituents is 1. The van der Waals surface area contributed by atoms with Crippen LogP contribution in [-0.4, -0.2) is 33.7 Å². The minimum atomic E-state index is -1.09. The van der Waals surface area contributed by atoms with Gasteiger partial charge in [0.1, 0.15) is 0 Å². The van der Waals surface area contributed by atoms with Crippen LogP contribution in [0.1, 0.15) is 41.4 Å². The van der Waals surface area contributed by atoms with Crippen molar-refractivity contribution in [3.8, 4) is 0 Å². The van der Waals surface area contributed by atoms with E-state index in [2.05, 4.69) is 5.32 Å². The molecule has 5 rings (SSSR count). The van der Waals surface area contributed by atoms with Crippen LogP contribution in [0.5, 0.6) is 0 Å². The SMILES string of the molecule is O=C(O)c1ccc(NC(=O)c2ccc3c(c2)C(=O)N(c2ccc(Sc4ccc([N+](=O)[O-])cc4)cc2)C3=O)cc1. The number of carbonyl (C=O) groups excluding carboxylic acids is 3. The number of hydrogen-bond acceptors (Lipinski definition) is 7. The van der Waals surface area contributed by atoms with E-state index >= 15 is 0 Å². The predicted octanol–water partition coefficient (Wildman–Crippen LogP) is 5.50. The van der Waals surface area contributed by atoms with Crippen molar-refractivity contribution in [2.24, 2.45) is 0 Å². The van der Waals surface area contributed by atoms with Crippen LogP contribution in [0.2, 0.25) is 0 Å². The van der Waals surface area contributed by atoms with Gasteiger partial charge in [-0.25, -0.2) is 9.69 Å². The minimum Gasteiger partial charge on any atom is -0.478 e. The number of rotatable bonds is 7. The lowest BCUT2D eigenvalue weighted by Crippen LogP contribution is -2.29. The third-order valence-corrected chi connectivity index (χ3v) is 6.93. The van der Waals surface area contributed by atoms with Crippen LogP contribution >= 0.6 is 11.8 Å². The van der Waals surface area contributed by atoms with Crippen LogP contribution in [0, 0.1) is 10.1 Å². The van der Waals surface area contributed by atoms with Gasteiger partial charge >= 0.3 is 5.97 Å². The van der Waals surface area contributed by atoms with E-state index in [1.165, 1.54) is 66.4 Å². The summed E-state index contributed by atoms with van der Waals surface area (Å²) >= 11 is 1.37. The Hall–Kier alpha value is -5.29. The van der Waals surface area contributed by atoms with Crippen molar-refractivity contribution in [3.63, 3.8) is 0 Å². The Morgan fingerprint density at radius 1 is 0.769 bits per heavy atom. The molecule has 10 nitrogen and oxygen atoms in total. The summed E-state index contributed by atoms with van der Waals surface area (Å²) < 4.78 is 0. The molecule has 0 bridgehead atoms. The Bertz CT molecular complexity index is 1650. The molecular formula is C28H17N3O7S. The van der Waals surface area contributed by atoms with Gasteiger partial charge in [0.25, 0.3) is 23.4 Å². The van der Waals surface area contributed by atoms with E-state index in [1.54, 1.807) is 36.4 Å². The standard InChI is InChI=1S/C28H17N3O7S/c32-25(29-18-4-1-16(2-5-18)28(35)36)17-3-14-23-24(15-17)27(34)30(26(23)33)19-6-10-21(11-7-19)39-22-12-8-20(9-13-22)31(37)38/h1-15H,(H,29,32)(H,35,36). The van der Waals surface area contributed by atoms with Crippen LogP contribution in [0.15, 0.2) is 101 Å². The summed E-state index contributed by atoms with van der Waals surface area (Å²) in [4.78, 5) is 62.9. The fourth-order valence-electron chi connectivity index (χ4n) is 3.95. The molecule has 0 saturated carbocycles. The highest BCUT2D eigenvalue weighted by molar-refractivity contribution is 7.99. The number of imide groups is 1. The average molecular weight is 540 g/mol. The summed E-state index contributed by atoms with van der Waals surface area (Å²) in [5.41, 5.74) is 1.24. The van der Waals surface area contributed by atoms with Crippen LogP contribution in [0.25, 0.3) is 0 Å². The largest absolute Gasteiger partial charge is 0.478 e. The smallest absolute Gasteiger partial charge is 0.335 e. The topological polar surface area (TPSA) is 147 Å². The lowest BCUT2D eigenvalue weighted by atomic mass is 10.1. The quantitative estimate of drug-likeness (QED) is 0.178. The van der Waals surface area contributed by atoms with Crippen molar-refractivity contribution in [2.75, 3.05) is 10.2 Å². The number of nitro benzene ring substituents is 1. The molecule has 2 N–H and O–H groups in total. The first kappa shape index (κ1) is 25.4. The molecule has 0 unspecified atom stereocenters. The normalized spacial score (nSPS) is 12.3. The Kier molecular flexibility index (Phi) is 6.65. The van der Waals surface area contributed by atoms with E-state index in [0.717, 1.165) is 14.7 Å². The van der Waals surface area contributed by atoms with Crippen molar-refractivity contribution < 1.29 is 29.2 Å². The van der Waals surface area contributed by atoms with Gasteiger partial charge in [0.2, 0.25) is 0 Å². The van der Waals surface area contributed by atoms with E-state index in [0.29, 0.717) is 11.4 Å². The van der Waals surface area contributed by atoms with E-state index in [1.807, 2.05) is 0 Å². The summed E-state index contributed by atoms with van der Waals surface area (Å²) in [5, 5.41) is 22.5. The van der Waals surface area contributed by atoms with Gasteiger partial charge in [-0.15, -0.1) is 0 Å². The first-order valence-corrected chi connectivity index (χ1v) is 12.2. The lowest BCUT2D eigenvalue weighted by Gasteiger charge is -2.14. The maximum absolute atomic E-state index is 13.2. The number of carboxylic acid groups (broad SMARTS) is 1. The molecule has 0 aliphatic carbocycles. The van der Waals surface area contributed by atoms with Crippen molar-refractivity contribution in [1.29, 1.82) is 0 Å². The lowest BCUT2D eigenvalue weighted by molar-refractivity contribution is -0.384. The maximum atomic E-state index is 13.2. The summed E-state index contributed by atoms with van der Waals surface area (Å²) in [6, 6.07) is 22.7. The Balaban J connectivity index is 1.30. The number of hydrogen-bond donors (Lipinski definition) is 2. The molecule has 0 saturated heterocycles. The van der Waals surface area contributed by atoms with E-state index < -0.39 is 28.6 Å². The number of nitrogens with one attached hydrogen (secondary N) is 1. The minimum absolute atomic E-state index is 0.00430. The molecule has 0 atom stereocenters. The number of fused-ring (bicyclic) bond motifs is 1. The van der Waals surface area contributed by atoms with Gasteiger partial charge in [0.05, 0.1) is 27.3 Å². The molecule has 4 aromatic rings. The highest BCUT2D eigenvalue weighted by atomic mass is 32.2. The van der Waals surface area contributed by atoms with Crippen molar-refractivity contribution >= 4 is 52.5 Å². The van der Waals surface area contributed by atoms with Crippen LogP contribution < -0.4 is 10.2 Å². The van der Waals surface area contributed by atoms with Gasteiger partial charge in [0.15, 0.2) is 0 Å². The molecule has 0 aromatic heterocycles. The molecule has 11 heteroatoms. The monoisotopic (exact) mass is 539 g/mol. The van der Waals surface area contributed by atoms with Gasteiger partial charge in [-0.3, -0.25) is 24.5 Å². The molecule has 1 aliphatic rings. The molecule has 1 heterocycles. The number of nitrogens with zero attached hydrogens (tertiary/aromatic N) is 2. The third kappa shape index (κ3) is 5.11. The van der Waals surface area contributed by atoms with Crippen molar-refractivity contribution in [1.82, 2.24) is 0 Å². The maximum Gasteiger partial charge on any atom is 0.335 e. The molecule has 1 aliphatic heterocycles. The highest BCUT2D eigenvalue weighted by Crippen LogP contribution is 2.33. The van der Waals surface area contributed by atoms with Gasteiger partial charge in [-0.2, -0.15) is 0 Å². The van der Waals surface area contributed by atoms with Crippen molar-refractivity contribution in [2.45, 2.75) is 9.79 Å². The Labute approximate surface area is 225 Å². The number of amides is 3. The van der Waals surface area contributed by atoms with Gasteiger partial charge in [-0.05, 0) is 78.9 Å². The fourth-order valence-corrected chi connectivity index (χ4v) is 4.77. The average Bonchev–Trinajstić information content (AvgIpc) is 3.18. The number of nitro groups is 1. The van der Waals surface area contributed by atoms with Crippen LogP contribution in [0.3, 0.4) is 0 Å². The molecule has 0 radical (unpaired) electrons. The molecule has 39 heavy (non-hydrogen) atoms.